The fraction of sp³-hybridized carbons (Fsp3) is 0. The van der Waals surface area contributed by atoms with E-state index in [-0.39, 0.29) is 0 Å². The summed E-state index contributed by atoms with van der Waals surface area (Å²) in [6.45, 7) is 0. The number of hydrogen-bond donors (Lipinski definition) is 1. The Morgan fingerprint density at radius 1 is 1.07 bits per heavy atom. The van der Waals surface area contributed by atoms with Crippen LogP contribution < -0.4 is 0 Å². The first-order chi connectivity index (χ1) is 7.86. The number of fused-ring (bicyclic) bond motifs is 1. The van der Waals surface area contributed by atoms with Gasteiger partial charge in [0.25, 0.3) is 0 Å². The van der Waals surface area contributed by atoms with E-state index in [0.717, 1.165) is 11.0 Å². The summed E-state index contributed by atoms with van der Waals surface area (Å²) in [7, 11) is 0. The monoisotopic (exact) mass is 198 g/mol. The van der Waals surface area contributed by atoms with Gasteiger partial charge in [0, 0.05) is 12.4 Å². The summed E-state index contributed by atoms with van der Waals surface area (Å²) in [6, 6.07) is 13.2. The molecule has 2 heterocycles. The zero-order valence-corrected chi connectivity index (χ0v) is 8.09. The molecule has 0 saturated heterocycles. The van der Waals surface area contributed by atoms with Crippen molar-refractivity contribution in [1.29, 1.82) is 0 Å². The number of benzene rings is 1. The Balaban J connectivity index is 0.000000125. The van der Waals surface area contributed by atoms with Crippen LogP contribution in [0.4, 0.5) is 0 Å². The average molecular weight is 198 g/mol. The Morgan fingerprint density at radius 2 is 2.00 bits per heavy atom. The lowest BCUT2D eigenvalue weighted by Gasteiger charge is -1.81. The molecule has 0 radical (unpaired) electrons. The van der Waals surface area contributed by atoms with E-state index < -0.39 is 0 Å². The zero-order chi connectivity index (χ0) is 11.2. The number of nitrogens with one attached hydrogen (secondary N) is 1. The normalized spacial score (nSPS) is 10.3. The number of nitrogens with zero attached hydrogens (tertiary/aromatic N) is 2. The van der Waals surface area contributed by atoms with Crippen LogP contribution in [0.2, 0.25) is 0 Å². The van der Waals surface area contributed by atoms with E-state index in [9.17, 15) is 0 Å². The van der Waals surface area contributed by atoms with E-state index in [1.54, 1.807) is 30.7 Å². The molecule has 3 heteroatoms. The van der Waals surface area contributed by atoms with Crippen LogP contribution in [-0.2, 0) is 0 Å². The minimum atomic E-state index is 0.322. The number of aromatic amines is 1. The highest BCUT2D eigenvalue weighted by atomic mass is 14.9. The van der Waals surface area contributed by atoms with Gasteiger partial charge in [-0.05, 0) is 24.3 Å². The highest BCUT2D eigenvalue weighted by molar-refractivity contribution is 5.73. The lowest BCUT2D eigenvalue weighted by molar-refractivity contribution is 1.33. The highest BCUT2D eigenvalue weighted by Gasteiger charge is 1.88. The predicted molar refractivity (Wildman–Crippen MR) is 60.3 cm³/mol. The molecule has 0 saturated carbocycles. The van der Waals surface area contributed by atoms with Gasteiger partial charge in [-0.25, -0.2) is 4.98 Å². The van der Waals surface area contributed by atoms with E-state index in [0.29, 0.717) is 6.17 Å². The maximum atomic E-state index is 6.88. The zero-order valence-electron chi connectivity index (χ0n) is 9.09. The molecule has 1 N–H and O–H groups in total. The number of hydrogen-bond acceptors (Lipinski definition) is 2. The third-order valence-electron chi connectivity index (χ3n) is 1.84. The first kappa shape index (κ1) is 8.17. The molecule has 3 aromatic rings. The van der Waals surface area contributed by atoms with Gasteiger partial charge in [-0.3, -0.25) is 4.98 Å². The van der Waals surface area contributed by atoms with E-state index in [2.05, 4.69) is 15.0 Å². The highest BCUT2D eigenvalue weighted by Crippen LogP contribution is 2.05. The minimum Gasteiger partial charge on any atom is -0.345 e. The molecule has 3 rings (SSSR count). The molecule has 0 aliphatic rings. The Bertz CT molecular complexity index is 518. The predicted octanol–water partition coefficient (Wildman–Crippen LogP) is 2.64. The first-order valence-electron chi connectivity index (χ1n) is 5.12. The SMILES string of the molecule is [2H]c1ccccn1.c1ccc2[nH]cnc2c1. The van der Waals surface area contributed by atoms with Gasteiger partial charge in [0.15, 0.2) is 0 Å². The van der Waals surface area contributed by atoms with Crippen LogP contribution in [0, 0.1) is 0 Å². The Kier molecular flexibility index (Phi) is 2.67. The first-order valence-corrected chi connectivity index (χ1v) is 4.62. The van der Waals surface area contributed by atoms with Gasteiger partial charge < -0.3 is 4.98 Å². The maximum absolute atomic E-state index is 6.88. The summed E-state index contributed by atoms with van der Waals surface area (Å²) < 4.78 is 6.88. The molecule has 0 aliphatic carbocycles. The van der Waals surface area contributed by atoms with Crippen LogP contribution in [0.5, 0.6) is 0 Å². The van der Waals surface area contributed by atoms with Crippen molar-refractivity contribution in [2.75, 3.05) is 0 Å². The number of aromatic nitrogens is 3. The second-order valence-corrected chi connectivity index (χ2v) is 2.88. The summed E-state index contributed by atoms with van der Waals surface area (Å²) in [6.07, 6.45) is 3.62. The van der Waals surface area contributed by atoms with Crippen molar-refractivity contribution >= 4 is 11.0 Å². The fourth-order valence-corrected chi connectivity index (χ4v) is 1.16. The molecule has 0 amide bonds. The van der Waals surface area contributed by atoms with Gasteiger partial charge in [0.1, 0.15) is 0 Å². The fourth-order valence-electron chi connectivity index (χ4n) is 1.16. The summed E-state index contributed by atoms with van der Waals surface area (Å²) >= 11 is 0. The van der Waals surface area contributed by atoms with Gasteiger partial charge in [0.2, 0.25) is 0 Å². The Labute approximate surface area is 89.2 Å². The lowest BCUT2D eigenvalue weighted by Crippen LogP contribution is -1.63. The quantitative estimate of drug-likeness (QED) is 0.603. The van der Waals surface area contributed by atoms with Crippen LogP contribution in [0.15, 0.2) is 61.2 Å². The van der Waals surface area contributed by atoms with Gasteiger partial charge >= 0.3 is 0 Å². The summed E-state index contributed by atoms with van der Waals surface area (Å²) in [4.78, 5) is 10.7. The van der Waals surface area contributed by atoms with Crippen molar-refractivity contribution in [1.82, 2.24) is 15.0 Å². The van der Waals surface area contributed by atoms with Crippen molar-refractivity contribution in [2.24, 2.45) is 0 Å². The number of para-hydroxylation sites is 2. The molecular formula is C12H11N3. The molecule has 2 aromatic heterocycles. The van der Waals surface area contributed by atoms with Crippen LogP contribution in [0.3, 0.4) is 0 Å². The number of pyridine rings is 1. The molecular weight excluding hydrogens is 186 g/mol. The molecule has 15 heavy (non-hydrogen) atoms. The van der Waals surface area contributed by atoms with Crippen LogP contribution >= 0.6 is 0 Å². The second kappa shape index (κ2) is 4.91. The lowest BCUT2D eigenvalue weighted by atomic mass is 10.3. The van der Waals surface area contributed by atoms with Crippen LogP contribution in [-0.4, -0.2) is 15.0 Å². The molecule has 0 bridgehead atoms. The van der Waals surface area contributed by atoms with E-state index >= 15 is 0 Å². The van der Waals surface area contributed by atoms with E-state index in [1.807, 2.05) is 24.3 Å². The molecule has 0 fully saturated rings. The van der Waals surface area contributed by atoms with Gasteiger partial charge in [-0.2, -0.15) is 0 Å². The van der Waals surface area contributed by atoms with Crippen molar-refractivity contribution in [2.45, 2.75) is 0 Å². The Hall–Kier alpha value is -2.16. The molecule has 74 valence electrons. The van der Waals surface area contributed by atoms with Crippen LogP contribution in [0.1, 0.15) is 1.37 Å². The van der Waals surface area contributed by atoms with Crippen molar-refractivity contribution in [3.8, 4) is 0 Å². The molecule has 0 aliphatic heterocycles. The van der Waals surface area contributed by atoms with E-state index in [4.69, 9.17) is 1.37 Å². The number of H-pyrrole nitrogens is 1. The van der Waals surface area contributed by atoms with Crippen molar-refractivity contribution in [3.63, 3.8) is 0 Å². The summed E-state index contributed by atoms with van der Waals surface area (Å²) in [5.41, 5.74) is 2.12. The molecule has 1 aromatic carbocycles. The number of rotatable bonds is 0. The third kappa shape index (κ3) is 2.64. The van der Waals surface area contributed by atoms with Gasteiger partial charge in [-0.1, -0.05) is 18.2 Å². The summed E-state index contributed by atoms with van der Waals surface area (Å²) in [5.74, 6) is 0. The molecule has 0 unspecified atom stereocenters. The smallest absolute Gasteiger partial charge is 0.0931 e. The second-order valence-electron chi connectivity index (χ2n) is 2.88. The largest absolute Gasteiger partial charge is 0.345 e. The van der Waals surface area contributed by atoms with Gasteiger partial charge in [-0.15, -0.1) is 0 Å². The van der Waals surface area contributed by atoms with E-state index in [1.165, 1.54) is 0 Å². The topological polar surface area (TPSA) is 41.6 Å². The molecule has 3 nitrogen and oxygen atoms in total. The average Bonchev–Trinajstić information content (AvgIpc) is 2.79. The van der Waals surface area contributed by atoms with Gasteiger partial charge in [0.05, 0.1) is 18.7 Å². The van der Waals surface area contributed by atoms with Crippen LogP contribution in [0.25, 0.3) is 11.0 Å². The maximum Gasteiger partial charge on any atom is 0.0931 e. The van der Waals surface area contributed by atoms with Crippen molar-refractivity contribution < 1.29 is 1.37 Å². The third-order valence-corrected chi connectivity index (χ3v) is 1.84. The standard InChI is InChI=1S/C7H6N2.C5H5N/c1-2-4-7-6(3-1)8-5-9-7;1-2-4-6-5-3-1/h1-5H,(H,8,9);1-5H/i;4D. The number of imidazole rings is 1. The molecule has 0 spiro atoms. The minimum absolute atomic E-state index is 0.322. The Morgan fingerprint density at radius 3 is 2.67 bits per heavy atom. The summed E-state index contributed by atoms with van der Waals surface area (Å²) in [5, 5.41) is 0. The van der Waals surface area contributed by atoms with Crippen molar-refractivity contribution in [3.05, 3.63) is 61.2 Å². The molecule has 0 atom stereocenters.